The number of ether oxygens (including phenoxy) is 1. The summed E-state index contributed by atoms with van der Waals surface area (Å²) in [6.07, 6.45) is 0.597. The van der Waals surface area contributed by atoms with E-state index < -0.39 is 5.54 Å². The summed E-state index contributed by atoms with van der Waals surface area (Å²) in [5.41, 5.74) is 0.407. The number of benzene rings is 1. The lowest BCUT2D eigenvalue weighted by atomic mass is 9.93. The van der Waals surface area contributed by atoms with Crippen molar-refractivity contribution >= 4 is 11.9 Å². The first-order chi connectivity index (χ1) is 9.43. The molecule has 1 atom stereocenters. The molecule has 5 nitrogen and oxygen atoms in total. The van der Waals surface area contributed by atoms with E-state index in [4.69, 9.17) is 4.74 Å². The zero-order valence-corrected chi connectivity index (χ0v) is 12.4. The molecule has 5 heteroatoms. The van der Waals surface area contributed by atoms with Gasteiger partial charge in [-0.2, -0.15) is 0 Å². The largest absolute Gasteiger partial charge is 0.497 e. The fourth-order valence-corrected chi connectivity index (χ4v) is 2.19. The molecule has 1 aromatic rings. The molecule has 0 aliphatic carbocycles. The van der Waals surface area contributed by atoms with Crippen LogP contribution in [0.25, 0.3) is 0 Å². The second-order valence-corrected chi connectivity index (χ2v) is 5.51. The van der Waals surface area contributed by atoms with Gasteiger partial charge in [0.05, 0.1) is 7.11 Å². The standard InChI is InChI=1S/C15H21N3O2/c1-10(2)16-14-17-13(19)15(3,18-14)9-11-5-7-12(20-4)8-6-11/h5-8,10H,9H2,1-4H3,(H2,16,17,18,19). The van der Waals surface area contributed by atoms with Gasteiger partial charge >= 0.3 is 0 Å². The minimum atomic E-state index is -0.664. The van der Waals surface area contributed by atoms with Crippen molar-refractivity contribution in [1.29, 1.82) is 0 Å². The van der Waals surface area contributed by atoms with Crippen molar-refractivity contribution in [3.05, 3.63) is 29.8 Å². The van der Waals surface area contributed by atoms with E-state index in [9.17, 15) is 4.79 Å². The van der Waals surface area contributed by atoms with Crippen molar-refractivity contribution in [2.45, 2.75) is 38.8 Å². The van der Waals surface area contributed by atoms with Gasteiger partial charge in [-0.1, -0.05) is 12.1 Å². The van der Waals surface area contributed by atoms with E-state index in [1.807, 2.05) is 45.0 Å². The number of amides is 1. The van der Waals surface area contributed by atoms with Crippen LogP contribution in [0.5, 0.6) is 5.75 Å². The summed E-state index contributed by atoms with van der Waals surface area (Å²) >= 11 is 0. The summed E-state index contributed by atoms with van der Waals surface area (Å²) in [5, 5.41) is 5.98. The average Bonchev–Trinajstić information content (AvgIpc) is 2.64. The van der Waals surface area contributed by atoms with Crippen molar-refractivity contribution in [2.24, 2.45) is 4.99 Å². The summed E-state index contributed by atoms with van der Waals surface area (Å²) in [4.78, 5) is 16.5. The Morgan fingerprint density at radius 1 is 1.30 bits per heavy atom. The Balaban J connectivity index is 2.12. The number of nitrogens with zero attached hydrogens (tertiary/aromatic N) is 1. The van der Waals surface area contributed by atoms with E-state index in [1.165, 1.54) is 0 Å². The van der Waals surface area contributed by atoms with Gasteiger partial charge in [-0.15, -0.1) is 0 Å². The lowest BCUT2D eigenvalue weighted by Crippen LogP contribution is -2.45. The van der Waals surface area contributed by atoms with Crippen LogP contribution in [0.4, 0.5) is 0 Å². The molecule has 1 heterocycles. The maximum atomic E-state index is 12.1. The molecule has 1 aliphatic heterocycles. The molecule has 20 heavy (non-hydrogen) atoms. The molecule has 1 unspecified atom stereocenters. The third-order valence-corrected chi connectivity index (χ3v) is 3.23. The Morgan fingerprint density at radius 2 is 1.95 bits per heavy atom. The number of guanidine groups is 1. The molecule has 0 spiro atoms. The fourth-order valence-electron chi connectivity index (χ4n) is 2.19. The highest BCUT2D eigenvalue weighted by Gasteiger charge is 2.40. The first-order valence-corrected chi connectivity index (χ1v) is 6.73. The van der Waals surface area contributed by atoms with Crippen LogP contribution >= 0.6 is 0 Å². The minimum Gasteiger partial charge on any atom is -0.497 e. The molecule has 1 saturated heterocycles. The van der Waals surface area contributed by atoms with Crippen LogP contribution in [-0.4, -0.2) is 30.6 Å². The number of hydrogen-bond donors (Lipinski definition) is 2. The predicted octanol–water partition coefficient (Wildman–Crippen LogP) is 1.48. The molecule has 1 aromatic carbocycles. The van der Waals surface area contributed by atoms with E-state index in [0.29, 0.717) is 12.4 Å². The van der Waals surface area contributed by atoms with Crippen LogP contribution in [0, 0.1) is 0 Å². The van der Waals surface area contributed by atoms with Crippen LogP contribution in [-0.2, 0) is 11.2 Å². The first kappa shape index (κ1) is 14.4. The van der Waals surface area contributed by atoms with Gasteiger partial charge in [0, 0.05) is 12.5 Å². The highest BCUT2D eigenvalue weighted by molar-refractivity contribution is 6.08. The first-order valence-electron chi connectivity index (χ1n) is 6.73. The molecule has 0 bridgehead atoms. The van der Waals surface area contributed by atoms with Crippen molar-refractivity contribution in [3.63, 3.8) is 0 Å². The number of aliphatic imine (C=N–C) groups is 1. The quantitative estimate of drug-likeness (QED) is 0.875. The number of hydrogen-bond acceptors (Lipinski definition) is 3. The Kier molecular flexibility index (Phi) is 3.97. The summed E-state index contributed by atoms with van der Waals surface area (Å²) in [5.74, 6) is 1.32. The maximum Gasteiger partial charge on any atom is 0.252 e. The van der Waals surface area contributed by atoms with E-state index in [-0.39, 0.29) is 11.9 Å². The average molecular weight is 275 g/mol. The minimum absolute atomic E-state index is 0.0484. The lowest BCUT2D eigenvalue weighted by molar-refractivity contribution is -0.123. The van der Waals surface area contributed by atoms with Crippen LogP contribution in [0.15, 0.2) is 29.3 Å². The zero-order chi connectivity index (χ0) is 14.8. The van der Waals surface area contributed by atoms with Crippen LogP contribution in [0.3, 0.4) is 0 Å². The molecule has 0 radical (unpaired) electrons. The predicted molar refractivity (Wildman–Crippen MR) is 79.0 cm³/mol. The molecule has 108 valence electrons. The molecule has 0 saturated carbocycles. The van der Waals surface area contributed by atoms with Crippen molar-refractivity contribution in [3.8, 4) is 5.75 Å². The molecule has 1 aliphatic rings. The highest BCUT2D eigenvalue weighted by atomic mass is 16.5. The third-order valence-electron chi connectivity index (χ3n) is 3.23. The van der Waals surface area contributed by atoms with Gasteiger partial charge in [0.2, 0.25) is 0 Å². The van der Waals surface area contributed by atoms with Crippen LogP contribution < -0.4 is 15.4 Å². The van der Waals surface area contributed by atoms with Gasteiger partial charge in [-0.05, 0) is 38.5 Å². The normalized spacial score (nSPS) is 23.9. The van der Waals surface area contributed by atoms with Crippen molar-refractivity contribution in [2.75, 3.05) is 7.11 Å². The number of nitrogens with one attached hydrogen (secondary N) is 2. The van der Waals surface area contributed by atoms with E-state index >= 15 is 0 Å². The van der Waals surface area contributed by atoms with E-state index in [0.717, 1.165) is 11.3 Å². The Labute approximate surface area is 119 Å². The topological polar surface area (TPSA) is 62.7 Å². The van der Waals surface area contributed by atoms with E-state index in [2.05, 4.69) is 15.6 Å². The summed E-state index contributed by atoms with van der Waals surface area (Å²) in [6, 6.07) is 7.87. The van der Waals surface area contributed by atoms with E-state index in [1.54, 1.807) is 7.11 Å². The van der Waals surface area contributed by atoms with Crippen molar-refractivity contribution in [1.82, 2.24) is 10.6 Å². The van der Waals surface area contributed by atoms with Crippen LogP contribution in [0.1, 0.15) is 26.3 Å². The Morgan fingerprint density at radius 3 is 2.50 bits per heavy atom. The monoisotopic (exact) mass is 275 g/mol. The maximum absolute atomic E-state index is 12.1. The van der Waals surface area contributed by atoms with Gasteiger partial charge < -0.3 is 10.1 Å². The van der Waals surface area contributed by atoms with Gasteiger partial charge in [-0.25, -0.2) is 0 Å². The summed E-state index contributed by atoms with van der Waals surface area (Å²) < 4.78 is 5.13. The second-order valence-electron chi connectivity index (χ2n) is 5.51. The molecule has 1 fully saturated rings. The van der Waals surface area contributed by atoms with Gasteiger partial charge in [-0.3, -0.25) is 15.1 Å². The Hall–Kier alpha value is -2.04. The molecular weight excluding hydrogens is 254 g/mol. The number of carbonyl (C=O) groups is 1. The number of rotatable bonds is 4. The summed E-state index contributed by atoms with van der Waals surface area (Å²) in [6.45, 7) is 5.83. The molecule has 2 rings (SSSR count). The fraction of sp³-hybridized carbons (Fsp3) is 0.467. The number of methoxy groups -OCH3 is 1. The third kappa shape index (κ3) is 3.10. The van der Waals surface area contributed by atoms with Gasteiger partial charge in [0.1, 0.15) is 11.3 Å². The molecule has 2 N–H and O–H groups in total. The summed E-state index contributed by atoms with van der Waals surface area (Å²) in [7, 11) is 1.64. The van der Waals surface area contributed by atoms with Gasteiger partial charge in [0.25, 0.3) is 5.91 Å². The van der Waals surface area contributed by atoms with Gasteiger partial charge in [0.15, 0.2) is 5.96 Å². The second kappa shape index (κ2) is 5.53. The van der Waals surface area contributed by atoms with Crippen molar-refractivity contribution < 1.29 is 9.53 Å². The molecular formula is C15H21N3O2. The highest BCUT2D eigenvalue weighted by Crippen LogP contribution is 2.19. The Bertz CT molecular complexity index is 522. The smallest absolute Gasteiger partial charge is 0.252 e. The molecule has 0 aromatic heterocycles. The molecule has 1 amide bonds. The SMILES string of the molecule is COc1ccc(CC2(C)NC(=NC(C)C)NC2=O)cc1. The lowest BCUT2D eigenvalue weighted by Gasteiger charge is -2.21. The number of carbonyl (C=O) groups excluding carboxylic acids is 1. The zero-order valence-electron chi connectivity index (χ0n) is 12.4. The van der Waals surface area contributed by atoms with Crippen LogP contribution in [0.2, 0.25) is 0 Å².